The third kappa shape index (κ3) is 1.96. The summed E-state index contributed by atoms with van der Waals surface area (Å²) in [4.78, 5) is 26.9. The molecule has 4 nitrogen and oxygen atoms in total. The summed E-state index contributed by atoms with van der Waals surface area (Å²) in [5.41, 5.74) is -0.595. The second-order valence-corrected chi connectivity index (χ2v) is 5.29. The van der Waals surface area contributed by atoms with E-state index < -0.39 is 5.72 Å². The fraction of sp³-hybridized carbons (Fsp3) is 0.375. The first-order chi connectivity index (χ1) is 9.47. The first kappa shape index (κ1) is 14.5. The van der Waals surface area contributed by atoms with Crippen LogP contribution in [0.1, 0.15) is 34.6 Å². The van der Waals surface area contributed by atoms with Crippen LogP contribution in [0.15, 0.2) is 36.9 Å². The summed E-state index contributed by atoms with van der Waals surface area (Å²) in [6.07, 6.45) is 1.41. The van der Waals surface area contributed by atoms with Gasteiger partial charge in [-0.2, -0.15) is 0 Å². The lowest BCUT2D eigenvalue weighted by molar-refractivity contribution is -0.0622. The van der Waals surface area contributed by atoms with E-state index in [2.05, 4.69) is 6.58 Å². The molecule has 4 heteroatoms. The molecule has 2 rings (SSSR count). The van der Waals surface area contributed by atoms with E-state index in [1.807, 2.05) is 13.8 Å². The van der Waals surface area contributed by atoms with E-state index in [1.165, 1.54) is 18.1 Å². The lowest BCUT2D eigenvalue weighted by Crippen LogP contribution is -2.61. The number of carbonyl (C=O) groups is 2. The largest absolute Gasteiger partial charge is 0.348 e. The number of ether oxygens (including phenoxy) is 1. The number of hydrogen-bond acceptors (Lipinski definition) is 3. The van der Waals surface area contributed by atoms with Crippen molar-refractivity contribution in [2.24, 2.45) is 5.92 Å². The smallest absolute Gasteiger partial charge is 0.257 e. The number of fused-ring (bicyclic) bond motifs is 1. The summed E-state index contributed by atoms with van der Waals surface area (Å²) in [5, 5.41) is 0. The predicted molar refractivity (Wildman–Crippen MR) is 76.6 cm³/mol. The zero-order chi connectivity index (χ0) is 14.9. The van der Waals surface area contributed by atoms with E-state index in [0.29, 0.717) is 17.7 Å². The van der Waals surface area contributed by atoms with Gasteiger partial charge in [-0.15, -0.1) is 0 Å². The maximum absolute atomic E-state index is 12.7. The van der Waals surface area contributed by atoms with Crippen LogP contribution in [0.5, 0.6) is 0 Å². The van der Waals surface area contributed by atoms with Crippen LogP contribution in [0.4, 0.5) is 0 Å². The molecule has 0 fully saturated rings. The Kier molecular flexibility index (Phi) is 3.77. The van der Waals surface area contributed by atoms with E-state index >= 15 is 0 Å². The third-order valence-electron chi connectivity index (χ3n) is 3.51. The Bertz CT molecular complexity index is 565. The minimum atomic E-state index is -1.41. The highest BCUT2D eigenvalue weighted by atomic mass is 16.5. The Balaban J connectivity index is 2.64. The van der Waals surface area contributed by atoms with Gasteiger partial charge in [0.15, 0.2) is 0 Å². The van der Waals surface area contributed by atoms with Crippen LogP contribution in [-0.4, -0.2) is 36.0 Å². The normalized spacial score (nSPS) is 22.1. The van der Waals surface area contributed by atoms with Crippen LogP contribution in [0.25, 0.3) is 0 Å². The summed E-state index contributed by atoms with van der Waals surface area (Å²) in [6.45, 7) is 8.11. The number of ketones is 1. The molecule has 0 saturated carbocycles. The molecule has 0 spiro atoms. The van der Waals surface area contributed by atoms with Crippen molar-refractivity contribution < 1.29 is 14.3 Å². The van der Waals surface area contributed by atoms with Crippen LogP contribution in [0.2, 0.25) is 0 Å². The average Bonchev–Trinajstić information content (AvgIpc) is 2.45. The molecule has 1 heterocycles. The van der Waals surface area contributed by atoms with Crippen molar-refractivity contribution in [2.45, 2.75) is 19.6 Å². The fourth-order valence-corrected chi connectivity index (χ4v) is 2.55. The highest BCUT2D eigenvalue weighted by Crippen LogP contribution is 2.33. The van der Waals surface area contributed by atoms with Crippen molar-refractivity contribution in [3.8, 4) is 0 Å². The first-order valence-electron chi connectivity index (χ1n) is 6.62. The molecule has 0 aromatic heterocycles. The lowest BCUT2D eigenvalue weighted by atomic mass is 9.88. The van der Waals surface area contributed by atoms with Crippen LogP contribution in [0.3, 0.4) is 0 Å². The Labute approximate surface area is 119 Å². The molecule has 1 atom stereocenters. The van der Waals surface area contributed by atoms with Gasteiger partial charge < -0.3 is 4.74 Å². The van der Waals surface area contributed by atoms with Gasteiger partial charge in [-0.05, 0) is 18.1 Å². The molecule has 1 unspecified atom stereocenters. The van der Waals surface area contributed by atoms with Crippen molar-refractivity contribution >= 4 is 11.7 Å². The van der Waals surface area contributed by atoms with E-state index in [0.717, 1.165) is 0 Å². The lowest BCUT2D eigenvalue weighted by Gasteiger charge is -2.43. The van der Waals surface area contributed by atoms with Gasteiger partial charge in [0.25, 0.3) is 5.91 Å². The van der Waals surface area contributed by atoms with E-state index in [9.17, 15) is 9.59 Å². The molecule has 1 aromatic carbocycles. The number of rotatable bonds is 4. The zero-order valence-corrected chi connectivity index (χ0v) is 12.1. The first-order valence-corrected chi connectivity index (χ1v) is 6.62. The van der Waals surface area contributed by atoms with E-state index in [-0.39, 0.29) is 17.6 Å². The van der Waals surface area contributed by atoms with Gasteiger partial charge in [0.2, 0.25) is 11.5 Å². The van der Waals surface area contributed by atoms with Crippen LogP contribution in [-0.2, 0) is 4.74 Å². The minimum Gasteiger partial charge on any atom is -0.348 e. The molecule has 0 aliphatic carbocycles. The third-order valence-corrected chi connectivity index (χ3v) is 3.51. The SMILES string of the molecule is C=CC1(OC)C(=O)c2ccccc2C(=O)N1CC(C)C. The van der Waals surface area contributed by atoms with E-state index in [1.54, 1.807) is 24.3 Å². The molecule has 0 radical (unpaired) electrons. The van der Waals surface area contributed by atoms with Crippen molar-refractivity contribution in [3.05, 3.63) is 48.0 Å². The summed E-state index contributed by atoms with van der Waals surface area (Å²) < 4.78 is 5.42. The number of amides is 1. The molecule has 1 amide bonds. The van der Waals surface area contributed by atoms with Crippen LogP contribution < -0.4 is 0 Å². The monoisotopic (exact) mass is 273 g/mol. The maximum Gasteiger partial charge on any atom is 0.257 e. The van der Waals surface area contributed by atoms with Gasteiger partial charge in [-0.25, -0.2) is 0 Å². The van der Waals surface area contributed by atoms with Gasteiger partial charge in [0.05, 0.1) is 5.56 Å². The Morgan fingerprint density at radius 1 is 1.30 bits per heavy atom. The summed E-state index contributed by atoms with van der Waals surface area (Å²) in [5.74, 6) is -0.229. The fourth-order valence-electron chi connectivity index (χ4n) is 2.55. The molecular weight excluding hydrogens is 254 g/mol. The highest BCUT2D eigenvalue weighted by molar-refractivity contribution is 6.17. The topological polar surface area (TPSA) is 46.6 Å². The standard InChI is InChI=1S/C16H19NO3/c1-5-16(20-4)14(18)12-8-6-7-9-13(12)15(19)17(16)10-11(2)3/h5-9,11H,1,10H2,2-4H3. The average molecular weight is 273 g/mol. The Hall–Kier alpha value is -1.94. The number of hydrogen-bond donors (Lipinski definition) is 0. The molecule has 0 N–H and O–H groups in total. The zero-order valence-electron chi connectivity index (χ0n) is 12.1. The molecule has 1 aromatic rings. The molecule has 1 aliphatic heterocycles. The van der Waals surface area contributed by atoms with Crippen LogP contribution in [0, 0.1) is 5.92 Å². The minimum absolute atomic E-state index is 0.198. The highest BCUT2D eigenvalue weighted by Gasteiger charge is 2.50. The number of benzene rings is 1. The summed E-state index contributed by atoms with van der Waals surface area (Å²) >= 11 is 0. The van der Waals surface area contributed by atoms with E-state index in [4.69, 9.17) is 4.74 Å². The van der Waals surface area contributed by atoms with Crippen molar-refractivity contribution in [1.29, 1.82) is 0 Å². The molecule has 0 bridgehead atoms. The second kappa shape index (κ2) is 5.21. The Morgan fingerprint density at radius 3 is 2.40 bits per heavy atom. The van der Waals surface area contributed by atoms with Gasteiger partial charge in [0, 0.05) is 19.2 Å². The number of nitrogens with zero attached hydrogens (tertiary/aromatic N) is 1. The van der Waals surface area contributed by atoms with Crippen molar-refractivity contribution in [1.82, 2.24) is 4.90 Å². The number of methoxy groups -OCH3 is 1. The maximum atomic E-state index is 12.7. The van der Waals surface area contributed by atoms with Gasteiger partial charge >= 0.3 is 0 Å². The molecule has 106 valence electrons. The molecular formula is C16H19NO3. The predicted octanol–water partition coefficient (Wildman–Crippen LogP) is 2.51. The second-order valence-electron chi connectivity index (χ2n) is 5.29. The van der Waals surface area contributed by atoms with Gasteiger partial charge in [-0.1, -0.05) is 38.6 Å². The number of Topliss-reactive ketones (excluding diaryl/α,β-unsaturated/α-hetero) is 1. The quantitative estimate of drug-likeness (QED) is 0.792. The van der Waals surface area contributed by atoms with Crippen LogP contribution >= 0.6 is 0 Å². The van der Waals surface area contributed by atoms with Crippen molar-refractivity contribution in [2.75, 3.05) is 13.7 Å². The van der Waals surface area contributed by atoms with Gasteiger partial charge in [0.1, 0.15) is 0 Å². The molecule has 0 saturated heterocycles. The molecule has 1 aliphatic rings. The number of carbonyl (C=O) groups excluding carboxylic acids is 2. The molecule has 20 heavy (non-hydrogen) atoms. The Morgan fingerprint density at radius 2 is 1.90 bits per heavy atom. The summed E-state index contributed by atoms with van der Waals surface area (Å²) in [7, 11) is 1.42. The van der Waals surface area contributed by atoms with Crippen molar-refractivity contribution in [3.63, 3.8) is 0 Å². The summed E-state index contributed by atoms with van der Waals surface area (Å²) in [6, 6.07) is 6.82. The van der Waals surface area contributed by atoms with Gasteiger partial charge in [-0.3, -0.25) is 14.5 Å².